The van der Waals surface area contributed by atoms with E-state index in [2.05, 4.69) is 0 Å². The molecule has 0 saturated heterocycles. The lowest BCUT2D eigenvalue weighted by molar-refractivity contribution is -0.154. The molecule has 0 bridgehead atoms. The maximum absolute atomic E-state index is 10.7. The van der Waals surface area contributed by atoms with E-state index in [4.69, 9.17) is 37.3 Å². The third-order valence-corrected chi connectivity index (χ3v) is 2.63. The maximum atomic E-state index is 10.7. The fourth-order valence-corrected chi connectivity index (χ4v) is 1.37. The van der Waals surface area contributed by atoms with E-state index in [9.17, 15) is 24.9 Å². The Bertz CT molecular complexity index is 405. The number of amidine groups is 1. The van der Waals surface area contributed by atoms with Crippen LogP contribution in [0.4, 0.5) is 0 Å². The average Bonchev–Trinajstić information content (AvgIpc) is 2.43. The Labute approximate surface area is 123 Å². The number of carboxylic acid groups (broad SMARTS) is 2. The molecule has 12 N–H and O–H groups in total. The van der Waals surface area contributed by atoms with Crippen molar-refractivity contribution in [1.29, 1.82) is 5.41 Å². The Morgan fingerprint density at radius 1 is 0.909 bits per heavy atom. The lowest BCUT2D eigenvalue weighted by Crippen LogP contribution is -2.66. The first-order valence-corrected chi connectivity index (χ1v) is 5.67. The second kappa shape index (κ2) is 7.95. The van der Waals surface area contributed by atoms with Gasteiger partial charge in [-0.3, -0.25) is 10.2 Å². The number of nitrogens with two attached hydrogens (primary N) is 2. The van der Waals surface area contributed by atoms with Crippen molar-refractivity contribution in [2.24, 2.45) is 11.5 Å². The van der Waals surface area contributed by atoms with E-state index in [1.165, 1.54) is 0 Å². The highest BCUT2D eigenvalue weighted by atomic mass is 16.5. The number of aliphatic carboxylic acids is 2. The predicted octanol–water partition coefficient (Wildman–Crippen LogP) is -5.60. The topological polar surface area (TPSA) is 255 Å². The molecule has 0 spiro atoms. The van der Waals surface area contributed by atoms with Gasteiger partial charge < -0.3 is 52.1 Å². The Balaban J connectivity index is 5.62. The van der Waals surface area contributed by atoms with Gasteiger partial charge in [0.05, 0.1) is 0 Å². The molecule has 0 aliphatic rings. The smallest absolute Gasteiger partial charge is 0.336 e. The minimum atomic E-state index is -2.52. The van der Waals surface area contributed by atoms with Crippen molar-refractivity contribution >= 4 is 17.8 Å². The van der Waals surface area contributed by atoms with E-state index in [1.807, 2.05) is 0 Å². The zero-order chi connectivity index (χ0) is 17.8. The maximum Gasteiger partial charge on any atom is 0.336 e. The summed E-state index contributed by atoms with van der Waals surface area (Å²) in [4.78, 5) is 21.5. The summed E-state index contributed by atoms with van der Waals surface area (Å²) in [6, 6.07) is -2.10. The molecular formula is C9H18N4O9. The van der Waals surface area contributed by atoms with Crippen molar-refractivity contribution in [2.45, 2.75) is 36.9 Å². The molecule has 5 atom stereocenters. The van der Waals surface area contributed by atoms with Gasteiger partial charge in [0.25, 0.3) is 0 Å². The number of hydrogen-bond acceptors (Lipinski definition) is 10. The summed E-state index contributed by atoms with van der Waals surface area (Å²) in [6.45, 7) is 0. The van der Waals surface area contributed by atoms with Crippen molar-refractivity contribution in [1.82, 2.24) is 4.90 Å². The fourth-order valence-electron chi connectivity index (χ4n) is 1.37. The van der Waals surface area contributed by atoms with E-state index < -0.39 is 54.7 Å². The minimum Gasteiger partial charge on any atom is -0.480 e. The van der Waals surface area contributed by atoms with Gasteiger partial charge in [0.1, 0.15) is 18.0 Å². The highest BCUT2D eigenvalue weighted by Crippen LogP contribution is 2.12. The lowest BCUT2D eigenvalue weighted by Gasteiger charge is -2.38. The average molecular weight is 326 g/mol. The van der Waals surface area contributed by atoms with Crippen LogP contribution in [-0.2, 0) is 9.59 Å². The molecule has 0 aromatic rings. The van der Waals surface area contributed by atoms with Crippen LogP contribution in [0.1, 0.15) is 0 Å². The molecule has 0 rings (SSSR count). The molecule has 128 valence electrons. The van der Waals surface area contributed by atoms with Crippen LogP contribution in [0.2, 0.25) is 0 Å². The van der Waals surface area contributed by atoms with Crippen LogP contribution < -0.4 is 11.5 Å². The van der Waals surface area contributed by atoms with Gasteiger partial charge in [0.2, 0.25) is 0 Å². The number of carboxylic acids is 2. The van der Waals surface area contributed by atoms with Gasteiger partial charge in [0.15, 0.2) is 24.7 Å². The van der Waals surface area contributed by atoms with Crippen molar-refractivity contribution in [3.8, 4) is 0 Å². The van der Waals surface area contributed by atoms with Gasteiger partial charge in [-0.1, -0.05) is 0 Å². The van der Waals surface area contributed by atoms with E-state index in [1.54, 1.807) is 0 Å². The fraction of sp³-hybridized carbons (Fsp3) is 0.667. The normalized spacial score (nSPS) is 18.2. The van der Waals surface area contributed by atoms with E-state index in [-0.39, 0.29) is 4.90 Å². The number of hydrogen-bond donors (Lipinski definition) is 10. The first-order valence-electron chi connectivity index (χ1n) is 5.67. The zero-order valence-corrected chi connectivity index (χ0v) is 11.0. The zero-order valence-electron chi connectivity index (χ0n) is 11.0. The summed E-state index contributed by atoms with van der Waals surface area (Å²) in [5, 5.41) is 70.9. The molecule has 0 amide bonds. The van der Waals surface area contributed by atoms with Crippen LogP contribution in [0.5, 0.6) is 0 Å². The van der Waals surface area contributed by atoms with Crippen LogP contribution in [0.25, 0.3) is 0 Å². The van der Waals surface area contributed by atoms with Crippen molar-refractivity contribution in [2.75, 3.05) is 0 Å². The molecule has 13 nitrogen and oxygen atoms in total. The molecule has 0 aliphatic heterocycles. The number of nitrogens with zero attached hydrogens (tertiary/aromatic N) is 1. The second-order valence-electron chi connectivity index (χ2n) is 4.20. The largest absolute Gasteiger partial charge is 0.480 e. The summed E-state index contributed by atoms with van der Waals surface area (Å²) in [6.07, 6.45) is -11.7. The molecular weight excluding hydrogens is 308 g/mol. The predicted molar refractivity (Wildman–Crippen MR) is 67.0 cm³/mol. The summed E-state index contributed by atoms with van der Waals surface area (Å²) in [5.41, 5.74) is 10.4. The van der Waals surface area contributed by atoms with Crippen molar-refractivity contribution in [3.05, 3.63) is 0 Å². The summed E-state index contributed by atoms with van der Waals surface area (Å²) < 4.78 is 0. The number of aliphatic hydroxyl groups is 5. The van der Waals surface area contributed by atoms with E-state index in [0.717, 1.165) is 0 Å². The molecule has 0 aliphatic carbocycles. The Morgan fingerprint density at radius 3 is 1.68 bits per heavy atom. The third kappa shape index (κ3) is 4.57. The highest BCUT2D eigenvalue weighted by Gasteiger charge is 2.40. The van der Waals surface area contributed by atoms with Gasteiger partial charge in [0, 0.05) is 0 Å². The lowest BCUT2D eigenvalue weighted by atomic mass is 10.1. The standard InChI is InChI=1S/C9H18N4O9/c10-1(7(17)18)6(16)13(4(11)2(14)8(19)20)5(12)3(15)9(21)22/h1-4,6,9,12,14-16,21-22H,10-11H2,(H,17,18)(H,19,20). The van der Waals surface area contributed by atoms with Gasteiger partial charge in [-0.25, -0.2) is 4.79 Å². The van der Waals surface area contributed by atoms with Crippen molar-refractivity contribution in [3.63, 3.8) is 0 Å². The van der Waals surface area contributed by atoms with Gasteiger partial charge in [-0.05, 0) is 0 Å². The number of rotatable bonds is 8. The van der Waals surface area contributed by atoms with Gasteiger partial charge in [-0.2, -0.15) is 0 Å². The quantitative estimate of drug-likeness (QED) is 0.114. The number of nitrogens with one attached hydrogen (secondary N) is 1. The molecule has 0 fully saturated rings. The Morgan fingerprint density at radius 2 is 1.36 bits per heavy atom. The molecule has 13 heteroatoms. The minimum absolute atomic E-state index is 0.0572. The van der Waals surface area contributed by atoms with E-state index in [0.29, 0.717) is 0 Å². The van der Waals surface area contributed by atoms with Crippen LogP contribution in [0, 0.1) is 5.41 Å². The first kappa shape index (κ1) is 20.1. The summed E-state index contributed by atoms with van der Waals surface area (Å²) >= 11 is 0. The summed E-state index contributed by atoms with van der Waals surface area (Å²) in [7, 11) is 0. The molecule has 0 saturated carbocycles. The van der Waals surface area contributed by atoms with Crippen LogP contribution in [0.3, 0.4) is 0 Å². The Hall–Kier alpha value is -1.87. The summed E-state index contributed by atoms with van der Waals surface area (Å²) in [5.74, 6) is -4.89. The molecule has 0 aromatic heterocycles. The molecule has 0 radical (unpaired) electrons. The number of aliphatic hydroxyl groups excluding tert-OH is 4. The van der Waals surface area contributed by atoms with E-state index >= 15 is 0 Å². The monoisotopic (exact) mass is 326 g/mol. The van der Waals surface area contributed by atoms with Gasteiger partial charge in [-0.15, -0.1) is 0 Å². The van der Waals surface area contributed by atoms with Gasteiger partial charge >= 0.3 is 11.9 Å². The first-order chi connectivity index (χ1) is 9.93. The molecule has 0 heterocycles. The van der Waals surface area contributed by atoms with Crippen molar-refractivity contribution < 1.29 is 45.3 Å². The van der Waals surface area contributed by atoms with Crippen LogP contribution in [0.15, 0.2) is 0 Å². The Kier molecular flexibility index (Phi) is 7.27. The number of carbonyl (C=O) groups is 2. The second-order valence-corrected chi connectivity index (χ2v) is 4.20. The molecule has 22 heavy (non-hydrogen) atoms. The van der Waals surface area contributed by atoms with Crippen LogP contribution in [-0.4, -0.2) is 95.4 Å². The highest BCUT2D eigenvalue weighted by molar-refractivity contribution is 5.86. The van der Waals surface area contributed by atoms with Crippen LogP contribution >= 0.6 is 0 Å². The molecule has 5 unspecified atom stereocenters. The molecule has 0 aromatic carbocycles. The third-order valence-electron chi connectivity index (χ3n) is 2.63. The SMILES string of the molecule is N=C(C(O)C(O)O)N(C(N)C(O)C(=O)O)C(O)C(N)C(=O)O.